The Balaban J connectivity index is 2.34. The largest absolute Gasteiger partial charge is 0.444 e. The van der Waals surface area contributed by atoms with Crippen LogP contribution in [0.5, 0.6) is 0 Å². The minimum Gasteiger partial charge on any atom is -0.444 e. The van der Waals surface area contributed by atoms with E-state index in [4.69, 9.17) is 16.3 Å². The molecule has 0 aliphatic carbocycles. The molecule has 0 radical (unpaired) electrons. The van der Waals surface area contributed by atoms with E-state index in [1.807, 2.05) is 0 Å². The van der Waals surface area contributed by atoms with E-state index in [1.165, 1.54) is 19.1 Å². The summed E-state index contributed by atoms with van der Waals surface area (Å²) in [6, 6.07) is 4.75. The number of hydrogen-bond acceptors (Lipinski definition) is 4. The molecule has 0 saturated heterocycles. The first-order chi connectivity index (χ1) is 14.3. The van der Waals surface area contributed by atoms with E-state index in [1.54, 1.807) is 20.8 Å². The molecule has 2 amide bonds. The minimum absolute atomic E-state index is 0.0799. The van der Waals surface area contributed by atoms with Crippen LogP contribution in [0.15, 0.2) is 34.8 Å². The highest BCUT2D eigenvalue weighted by molar-refractivity contribution is 9.10. The molecule has 6 nitrogen and oxygen atoms in total. The summed E-state index contributed by atoms with van der Waals surface area (Å²) < 4.78 is 33.7. The standard InChI is InChI=1S/C21H20BrClF2N2O4/c1-10(26-20(30)31-21(2,3)4)19(29)27-14-9-8-11(22)17(23)16(14)18(28)15-12(24)6-5-7-13(15)25/h5-10H,1-4H3,(H,26,30)(H,27,29). The van der Waals surface area contributed by atoms with Crippen molar-refractivity contribution < 1.29 is 27.9 Å². The molecule has 0 heterocycles. The molecule has 31 heavy (non-hydrogen) atoms. The van der Waals surface area contributed by atoms with Crippen LogP contribution in [-0.4, -0.2) is 29.4 Å². The summed E-state index contributed by atoms with van der Waals surface area (Å²) in [6.07, 6.45) is -0.811. The summed E-state index contributed by atoms with van der Waals surface area (Å²) >= 11 is 9.37. The fourth-order valence-electron chi connectivity index (χ4n) is 2.51. The topological polar surface area (TPSA) is 84.5 Å². The van der Waals surface area contributed by atoms with E-state index >= 15 is 0 Å². The first kappa shape index (κ1) is 24.7. The number of amides is 2. The van der Waals surface area contributed by atoms with Gasteiger partial charge in [0.1, 0.15) is 23.3 Å². The van der Waals surface area contributed by atoms with Crippen molar-refractivity contribution in [3.63, 3.8) is 0 Å². The number of alkyl carbamates (subject to hydrolysis) is 1. The van der Waals surface area contributed by atoms with Crippen LogP contribution < -0.4 is 10.6 Å². The van der Waals surface area contributed by atoms with Gasteiger partial charge in [0.05, 0.1) is 21.8 Å². The third-order valence-corrected chi connectivity index (χ3v) is 5.18. The Bertz CT molecular complexity index is 1020. The molecule has 2 rings (SSSR count). The molecular formula is C21H20BrClF2N2O4. The van der Waals surface area contributed by atoms with Crippen molar-refractivity contribution in [2.75, 3.05) is 5.32 Å². The Labute approximate surface area is 191 Å². The zero-order chi connectivity index (χ0) is 23.5. The van der Waals surface area contributed by atoms with E-state index in [9.17, 15) is 23.2 Å². The number of ether oxygens (including phenoxy) is 1. The highest BCUT2D eigenvalue weighted by Gasteiger charge is 2.27. The minimum atomic E-state index is -1.07. The molecule has 0 spiro atoms. The molecule has 166 valence electrons. The number of rotatable bonds is 5. The van der Waals surface area contributed by atoms with E-state index in [-0.39, 0.29) is 20.7 Å². The zero-order valence-corrected chi connectivity index (χ0v) is 19.5. The third-order valence-electron chi connectivity index (χ3n) is 3.90. The molecule has 10 heteroatoms. The summed E-state index contributed by atoms with van der Waals surface area (Å²) in [5, 5.41) is 4.68. The van der Waals surface area contributed by atoms with Gasteiger partial charge in [-0.25, -0.2) is 13.6 Å². The average molecular weight is 518 g/mol. The zero-order valence-electron chi connectivity index (χ0n) is 17.1. The Morgan fingerprint density at radius 3 is 2.19 bits per heavy atom. The number of ketones is 1. The molecule has 1 unspecified atom stereocenters. The van der Waals surface area contributed by atoms with Gasteiger partial charge in [-0.15, -0.1) is 0 Å². The van der Waals surface area contributed by atoms with Crippen LogP contribution in [0, 0.1) is 11.6 Å². The third kappa shape index (κ3) is 6.24. The second-order valence-electron chi connectivity index (χ2n) is 7.57. The fourth-order valence-corrected chi connectivity index (χ4v) is 3.09. The molecule has 0 saturated carbocycles. The van der Waals surface area contributed by atoms with Crippen molar-refractivity contribution in [2.24, 2.45) is 0 Å². The lowest BCUT2D eigenvalue weighted by molar-refractivity contribution is -0.117. The van der Waals surface area contributed by atoms with Crippen molar-refractivity contribution in [2.45, 2.75) is 39.3 Å². The van der Waals surface area contributed by atoms with Crippen LogP contribution in [0.25, 0.3) is 0 Å². The molecule has 0 fully saturated rings. The van der Waals surface area contributed by atoms with E-state index in [0.29, 0.717) is 0 Å². The van der Waals surface area contributed by atoms with Crippen LogP contribution in [0.3, 0.4) is 0 Å². The van der Waals surface area contributed by atoms with Gasteiger partial charge in [0, 0.05) is 4.47 Å². The molecular weight excluding hydrogens is 498 g/mol. The Morgan fingerprint density at radius 2 is 1.65 bits per heavy atom. The van der Waals surface area contributed by atoms with Crippen LogP contribution in [-0.2, 0) is 9.53 Å². The molecule has 0 aromatic heterocycles. The molecule has 0 aliphatic heterocycles. The lowest BCUT2D eigenvalue weighted by atomic mass is 10.00. The number of carbonyl (C=O) groups excluding carboxylic acids is 3. The van der Waals surface area contributed by atoms with Crippen LogP contribution in [0.1, 0.15) is 43.6 Å². The van der Waals surface area contributed by atoms with Crippen molar-refractivity contribution in [1.29, 1.82) is 0 Å². The van der Waals surface area contributed by atoms with Gasteiger partial charge in [-0.05, 0) is 67.9 Å². The van der Waals surface area contributed by atoms with Gasteiger partial charge >= 0.3 is 6.09 Å². The maximum absolute atomic E-state index is 14.2. The number of anilines is 1. The monoisotopic (exact) mass is 516 g/mol. The highest BCUT2D eigenvalue weighted by atomic mass is 79.9. The summed E-state index contributed by atoms with van der Waals surface area (Å²) in [5.41, 5.74) is -1.96. The van der Waals surface area contributed by atoms with Gasteiger partial charge in [0.2, 0.25) is 11.7 Å². The SMILES string of the molecule is CC(NC(=O)OC(C)(C)C)C(=O)Nc1ccc(Br)c(Cl)c1C(=O)c1c(F)cccc1F. The van der Waals surface area contributed by atoms with Crippen LogP contribution in [0.2, 0.25) is 5.02 Å². The number of benzene rings is 2. The van der Waals surface area contributed by atoms with Gasteiger partial charge < -0.3 is 15.4 Å². The van der Waals surface area contributed by atoms with Gasteiger partial charge in [-0.1, -0.05) is 17.7 Å². The Kier molecular flexibility index (Phi) is 7.77. The van der Waals surface area contributed by atoms with Crippen molar-refractivity contribution in [3.8, 4) is 0 Å². The van der Waals surface area contributed by atoms with Crippen molar-refractivity contribution >= 4 is 51.0 Å². The quantitative estimate of drug-likeness (QED) is 0.516. The van der Waals surface area contributed by atoms with E-state index < -0.39 is 46.6 Å². The maximum Gasteiger partial charge on any atom is 0.408 e. The van der Waals surface area contributed by atoms with E-state index in [0.717, 1.165) is 18.2 Å². The summed E-state index contributed by atoms with van der Waals surface area (Å²) in [7, 11) is 0. The van der Waals surface area contributed by atoms with Crippen LogP contribution >= 0.6 is 27.5 Å². The smallest absolute Gasteiger partial charge is 0.408 e. The van der Waals surface area contributed by atoms with E-state index in [2.05, 4.69) is 26.6 Å². The second-order valence-corrected chi connectivity index (χ2v) is 8.80. The summed E-state index contributed by atoms with van der Waals surface area (Å²) in [4.78, 5) is 37.4. The van der Waals surface area contributed by atoms with Gasteiger partial charge in [-0.2, -0.15) is 0 Å². The number of hydrogen-bond donors (Lipinski definition) is 2. The molecule has 2 aromatic carbocycles. The Hall–Kier alpha value is -2.52. The average Bonchev–Trinajstić information content (AvgIpc) is 2.62. The molecule has 2 N–H and O–H groups in total. The first-order valence-corrected chi connectivity index (χ1v) is 10.3. The normalized spacial score (nSPS) is 12.1. The number of halogens is 4. The highest BCUT2D eigenvalue weighted by Crippen LogP contribution is 2.34. The van der Waals surface area contributed by atoms with Crippen LogP contribution in [0.4, 0.5) is 19.3 Å². The predicted octanol–water partition coefficient (Wildman–Crippen LogP) is 5.46. The number of carbonyl (C=O) groups is 3. The predicted molar refractivity (Wildman–Crippen MR) is 116 cm³/mol. The molecule has 0 aliphatic rings. The number of nitrogens with one attached hydrogen (secondary N) is 2. The summed E-state index contributed by atoms with van der Waals surface area (Å²) in [6.45, 7) is 6.40. The van der Waals surface area contributed by atoms with Crippen molar-refractivity contribution in [3.05, 3.63) is 62.6 Å². The first-order valence-electron chi connectivity index (χ1n) is 9.09. The fraction of sp³-hybridized carbons (Fsp3) is 0.286. The Morgan fingerprint density at radius 1 is 1.06 bits per heavy atom. The molecule has 2 aromatic rings. The lowest BCUT2D eigenvalue weighted by Crippen LogP contribution is -2.44. The maximum atomic E-state index is 14.2. The van der Waals surface area contributed by atoms with Gasteiger partial charge in [0.25, 0.3) is 0 Å². The second kappa shape index (κ2) is 9.74. The van der Waals surface area contributed by atoms with Gasteiger partial charge in [-0.3, -0.25) is 9.59 Å². The lowest BCUT2D eigenvalue weighted by Gasteiger charge is -2.22. The molecule has 1 atom stereocenters. The summed E-state index contributed by atoms with van der Waals surface area (Å²) in [5.74, 6) is -3.89. The van der Waals surface area contributed by atoms with Crippen molar-refractivity contribution in [1.82, 2.24) is 5.32 Å². The van der Waals surface area contributed by atoms with Gasteiger partial charge in [0.15, 0.2) is 0 Å². The molecule has 0 bridgehead atoms.